The highest BCUT2D eigenvalue weighted by atomic mass is 16.6. The van der Waals surface area contributed by atoms with Crippen LogP contribution in [0, 0.1) is 5.92 Å². The minimum Gasteiger partial charge on any atom is -0.490 e. The van der Waals surface area contributed by atoms with E-state index in [0.717, 1.165) is 54.2 Å². The van der Waals surface area contributed by atoms with Gasteiger partial charge in [0, 0.05) is 39.3 Å². The van der Waals surface area contributed by atoms with Gasteiger partial charge in [-0.05, 0) is 82.3 Å². The van der Waals surface area contributed by atoms with Gasteiger partial charge in [-0.3, -0.25) is 0 Å². The zero-order valence-corrected chi connectivity index (χ0v) is 28.7. The minimum absolute atomic E-state index is 0.00290. The van der Waals surface area contributed by atoms with Crippen LogP contribution in [-0.2, 0) is 36.9 Å². The molecule has 2 aliphatic rings. The number of benzene rings is 2. The van der Waals surface area contributed by atoms with Crippen molar-refractivity contribution in [2.75, 3.05) is 71.2 Å². The zero-order valence-electron chi connectivity index (χ0n) is 28.7. The standard InChI is InChI=1S/C36H55N3O7/c1-7-43-26(2)23-42-24-27-9-12-29(13-10-27)34-30(20-37)21-39(35(40)46-36(3,4)5)22-33(34)45-25-28-11-14-32-31(19-28)38(16-18-44-32)15-8-17-41-6/h9-14,19,26,30,33-34H,7-8,15-18,20-25,37H2,1-6H3/t26-,30-,33+,34+/m1/s1. The predicted molar refractivity (Wildman–Crippen MR) is 179 cm³/mol. The second-order valence-electron chi connectivity index (χ2n) is 13.3. The monoisotopic (exact) mass is 641 g/mol. The van der Waals surface area contributed by atoms with Gasteiger partial charge in [-0.1, -0.05) is 30.3 Å². The largest absolute Gasteiger partial charge is 0.490 e. The number of carbonyl (C=O) groups is 1. The Morgan fingerprint density at radius 1 is 1.09 bits per heavy atom. The molecular formula is C36H55N3O7. The number of likely N-dealkylation sites (tertiary alicyclic amines) is 1. The number of nitrogens with zero attached hydrogens (tertiary/aromatic N) is 2. The number of carbonyl (C=O) groups excluding carboxylic acids is 1. The van der Waals surface area contributed by atoms with Gasteiger partial charge in [0.25, 0.3) is 0 Å². The maximum Gasteiger partial charge on any atom is 0.410 e. The van der Waals surface area contributed by atoms with Crippen LogP contribution in [0.1, 0.15) is 63.6 Å². The number of amides is 1. The summed E-state index contributed by atoms with van der Waals surface area (Å²) in [7, 11) is 1.73. The molecule has 10 heteroatoms. The molecule has 10 nitrogen and oxygen atoms in total. The summed E-state index contributed by atoms with van der Waals surface area (Å²) in [5.74, 6) is 0.885. The SMILES string of the molecule is CCO[C@H](C)COCc1ccc([C@H]2[C@H](CN)CN(C(=O)OC(C)(C)C)C[C@@H]2OCc2ccc3c(c2)N(CCCOC)CCO3)cc1. The Kier molecular flexibility index (Phi) is 13.5. The van der Waals surface area contributed by atoms with Crippen molar-refractivity contribution in [3.8, 4) is 5.75 Å². The highest BCUT2D eigenvalue weighted by Crippen LogP contribution is 2.37. The number of piperidine rings is 1. The third kappa shape index (κ3) is 10.3. The molecule has 2 heterocycles. The van der Waals surface area contributed by atoms with Crippen molar-refractivity contribution in [1.29, 1.82) is 0 Å². The quantitative estimate of drug-likeness (QED) is 0.258. The molecule has 4 atom stereocenters. The number of fused-ring (bicyclic) bond motifs is 1. The highest BCUT2D eigenvalue weighted by molar-refractivity contribution is 5.68. The molecule has 256 valence electrons. The molecular weight excluding hydrogens is 586 g/mol. The van der Waals surface area contributed by atoms with Crippen LogP contribution in [0.3, 0.4) is 0 Å². The maximum absolute atomic E-state index is 13.2. The van der Waals surface area contributed by atoms with Crippen LogP contribution >= 0.6 is 0 Å². The average molecular weight is 642 g/mol. The Morgan fingerprint density at radius 3 is 2.54 bits per heavy atom. The van der Waals surface area contributed by atoms with E-state index < -0.39 is 5.60 Å². The van der Waals surface area contributed by atoms with Crippen molar-refractivity contribution in [2.24, 2.45) is 11.7 Å². The first-order valence-corrected chi connectivity index (χ1v) is 16.7. The van der Waals surface area contributed by atoms with Gasteiger partial charge in [0.1, 0.15) is 18.0 Å². The van der Waals surface area contributed by atoms with Gasteiger partial charge in [-0.25, -0.2) is 4.79 Å². The van der Waals surface area contributed by atoms with E-state index in [1.165, 1.54) is 0 Å². The molecule has 46 heavy (non-hydrogen) atoms. The van der Waals surface area contributed by atoms with E-state index in [4.69, 9.17) is 34.2 Å². The van der Waals surface area contributed by atoms with E-state index in [2.05, 4.69) is 41.3 Å². The lowest BCUT2D eigenvalue weighted by atomic mass is 9.78. The van der Waals surface area contributed by atoms with Crippen molar-refractivity contribution in [2.45, 2.75) is 78.0 Å². The Labute approximate surface area is 275 Å². The van der Waals surface area contributed by atoms with Gasteiger partial charge in [0.2, 0.25) is 0 Å². The predicted octanol–water partition coefficient (Wildman–Crippen LogP) is 5.36. The molecule has 0 saturated carbocycles. The molecule has 0 radical (unpaired) electrons. The molecule has 4 rings (SSSR count). The van der Waals surface area contributed by atoms with Crippen LogP contribution in [0.2, 0.25) is 0 Å². The van der Waals surface area contributed by atoms with Crippen molar-refractivity contribution < 1.29 is 33.2 Å². The molecule has 0 bridgehead atoms. The number of methoxy groups -OCH3 is 1. The molecule has 2 aromatic rings. The topological polar surface area (TPSA) is 105 Å². The number of rotatable bonds is 15. The molecule has 0 unspecified atom stereocenters. The van der Waals surface area contributed by atoms with Crippen LogP contribution in [0.4, 0.5) is 10.5 Å². The number of ether oxygens (including phenoxy) is 6. The van der Waals surface area contributed by atoms with Crippen LogP contribution in [0.5, 0.6) is 5.75 Å². The lowest BCUT2D eigenvalue weighted by molar-refractivity contribution is -0.0514. The Hall–Kier alpha value is -2.89. The van der Waals surface area contributed by atoms with Gasteiger partial charge in [0.15, 0.2) is 0 Å². The second kappa shape index (κ2) is 17.3. The molecule has 0 aromatic heterocycles. The fraction of sp³-hybridized carbons (Fsp3) is 0.639. The van der Waals surface area contributed by atoms with Crippen molar-refractivity contribution in [1.82, 2.24) is 4.90 Å². The molecule has 2 aliphatic heterocycles. The summed E-state index contributed by atoms with van der Waals surface area (Å²) in [5.41, 5.74) is 10.1. The van der Waals surface area contributed by atoms with Crippen LogP contribution < -0.4 is 15.4 Å². The van der Waals surface area contributed by atoms with Crippen LogP contribution in [-0.4, -0.2) is 95.1 Å². The summed E-state index contributed by atoms with van der Waals surface area (Å²) in [5, 5.41) is 0. The molecule has 0 aliphatic carbocycles. The van der Waals surface area contributed by atoms with E-state index in [1.807, 2.05) is 40.7 Å². The summed E-state index contributed by atoms with van der Waals surface area (Å²) in [6.45, 7) is 16.2. The Morgan fingerprint density at radius 2 is 1.85 bits per heavy atom. The van der Waals surface area contributed by atoms with Crippen LogP contribution in [0.15, 0.2) is 42.5 Å². The van der Waals surface area contributed by atoms with Crippen molar-refractivity contribution in [3.05, 3.63) is 59.2 Å². The second-order valence-corrected chi connectivity index (χ2v) is 13.3. The molecule has 0 spiro atoms. The fourth-order valence-corrected chi connectivity index (χ4v) is 6.20. The maximum atomic E-state index is 13.2. The number of hydrogen-bond acceptors (Lipinski definition) is 9. The third-order valence-electron chi connectivity index (χ3n) is 8.38. The van der Waals surface area contributed by atoms with Crippen molar-refractivity contribution in [3.63, 3.8) is 0 Å². The first-order chi connectivity index (χ1) is 22.1. The third-order valence-corrected chi connectivity index (χ3v) is 8.38. The van der Waals surface area contributed by atoms with Crippen LogP contribution in [0.25, 0.3) is 0 Å². The number of anilines is 1. The molecule has 2 aromatic carbocycles. The van der Waals surface area contributed by atoms with E-state index in [9.17, 15) is 4.79 Å². The van der Waals surface area contributed by atoms with E-state index in [-0.39, 0.29) is 30.1 Å². The summed E-state index contributed by atoms with van der Waals surface area (Å²) in [4.78, 5) is 17.3. The molecule has 1 saturated heterocycles. The van der Waals surface area contributed by atoms with Gasteiger partial charge in [0.05, 0.1) is 50.8 Å². The molecule has 1 fully saturated rings. The normalized spacial score (nSPS) is 20.6. The van der Waals surface area contributed by atoms with Gasteiger partial charge >= 0.3 is 6.09 Å². The number of hydrogen-bond donors (Lipinski definition) is 1. The minimum atomic E-state index is -0.596. The first-order valence-electron chi connectivity index (χ1n) is 16.7. The average Bonchev–Trinajstić information content (AvgIpc) is 3.03. The van der Waals surface area contributed by atoms with E-state index in [1.54, 1.807) is 12.0 Å². The summed E-state index contributed by atoms with van der Waals surface area (Å²) in [6, 6.07) is 14.7. The fourth-order valence-electron chi connectivity index (χ4n) is 6.20. The van der Waals surface area contributed by atoms with Crippen molar-refractivity contribution >= 4 is 11.8 Å². The lowest BCUT2D eigenvalue weighted by Gasteiger charge is -2.43. The smallest absolute Gasteiger partial charge is 0.410 e. The molecule has 2 N–H and O–H groups in total. The van der Waals surface area contributed by atoms with E-state index in [0.29, 0.717) is 52.7 Å². The Balaban J connectivity index is 1.52. The lowest BCUT2D eigenvalue weighted by Crippen LogP contribution is -2.54. The Bertz CT molecular complexity index is 1220. The summed E-state index contributed by atoms with van der Waals surface area (Å²) >= 11 is 0. The zero-order chi connectivity index (χ0) is 33.1. The first kappa shape index (κ1) is 36.0. The summed E-state index contributed by atoms with van der Waals surface area (Å²) < 4.78 is 35.2. The van der Waals surface area contributed by atoms with Gasteiger partial charge in [-0.15, -0.1) is 0 Å². The van der Waals surface area contributed by atoms with Gasteiger partial charge in [-0.2, -0.15) is 0 Å². The number of nitrogens with two attached hydrogens (primary N) is 1. The summed E-state index contributed by atoms with van der Waals surface area (Å²) in [6.07, 6.45) is 0.376. The van der Waals surface area contributed by atoms with Gasteiger partial charge < -0.3 is 44.0 Å². The molecule has 1 amide bonds. The highest BCUT2D eigenvalue weighted by Gasteiger charge is 2.41. The van der Waals surface area contributed by atoms with E-state index >= 15 is 0 Å².